The summed E-state index contributed by atoms with van der Waals surface area (Å²) in [6.07, 6.45) is 2.82. The largest absolute Gasteiger partial charge is 0.417 e. The van der Waals surface area contributed by atoms with Gasteiger partial charge in [-0.05, 0) is 42.5 Å². The van der Waals surface area contributed by atoms with Crippen LogP contribution in [0.15, 0.2) is 30.3 Å². The van der Waals surface area contributed by atoms with Gasteiger partial charge in [0, 0.05) is 18.9 Å². The van der Waals surface area contributed by atoms with Gasteiger partial charge < -0.3 is 4.43 Å². The van der Waals surface area contributed by atoms with Gasteiger partial charge in [-0.1, -0.05) is 51.1 Å². The average Bonchev–Trinajstić information content (AvgIpc) is 2.45. The predicted octanol–water partition coefficient (Wildman–Crippen LogP) is 5.16. The normalized spacial score (nSPS) is 23.6. The molecule has 0 aromatic heterocycles. The zero-order valence-electron chi connectivity index (χ0n) is 14.7. The van der Waals surface area contributed by atoms with E-state index in [1.165, 1.54) is 0 Å². The summed E-state index contributed by atoms with van der Waals surface area (Å²) in [4.78, 5) is 12.5. The van der Waals surface area contributed by atoms with E-state index in [1.807, 2.05) is 18.2 Å². The summed E-state index contributed by atoms with van der Waals surface area (Å²) in [6.45, 7) is 12.1. The van der Waals surface area contributed by atoms with Gasteiger partial charge in [0.05, 0.1) is 0 Å². The molecule has 2 nitrogen and oxygen atoms in total. The molecule has 0 spiro atoms. The maximum Gasteiger partial charge on any atom is 0.191 e. The number of carbonyl (C=O) groups is 1. The van der Waals surface area contributed by atoms with E-state index in [0.29, 0.717) is 11.7 Å². The lowest BCUT2D eigenvalue weighted by Crippen LogP contribution is -2.43. The molecule has 1 fully saturated rings. The van der Waals surface area contributed by atoms with Crippen LogP contribution in [0.2, 0.25) is 18.1 Å². The Morgan fingerprint density at radius 2 is 1.82 bits per heavy atom. The fourth-order valence-corrected chi connectivity index (χ4v) is 4.02. The Hall–Kier alpha value is -0.933. The SMILES string of the molecule is CC(C)(C)[Si](C)(C)OC[C@@H]1CCCC(=O)[C@H]1c1ccccc1. The maximum atomic E-state index is 12.5. The third kappa shape index (κ3) is 3.88. The van der Waals surface area contributed by atoms with E-state index in [1.54, 1.807) is 0 Å². The third-order valence-corrected chi connectivity index (χ3v) is 9.94. The first-order chi connectivity index (χ1) is 10.2. The van der Waals surface area contributed by atoms with Crippen molar-refractivity contribution in [2.24, 2.45) is 5.92 Å². The van der Waals surface area contributed by atoms with Crippen LogP contribution in [-0.2, 0) is 9.22 Å². The maximum absolute atomic E-state index is 12.5. The van der Waals surface area contributed by atoms with Crippen LogP contribution in [0.5, 0.6) is 0 Å². The lowest BCUT2D eigenvalue weighted by molar-refractivity contribution is -0.124. The first-order valence-corrected chi connectivity index (χ1v) is 11.3. The van der Waals surface area contributed by atoms with Crippen molar-refractivity contribution in [2.45, 2.75) is 64.1 Å². The number of Topliss-reactive ketones (excluding diaryl/α,β-unsaturated/α-hetero) is 1. The molecule has 1 aromatic rings. The molecule has 22 heavy (non-hydrogen) atoms. The van der Waals surface area contributed by atoms with E-state index in [9.17, 15) is 4.79 Å². The second-order valence-corrected chi connectivity index (χ2v) is 12.9. The van der Waals surface area contributed by atoms with Crippen molar-refractivity contribution < 1.29 is 9.22 Å². The van der Waals surface area contributed by atoms with Crippen molar-refractivity contribution in [3.05, 3.63) is 35.9 Å². The third-order valence-electron chi connectivity index (χ3n) is 5.44. The summed E-state index contributed by atoms with van der Waals surface area (Å²) in [6, 6.07) is 10.3. The highest BCUT2D eigenvalue weighted by molar-refractivity contribution is 6.74. The highest BCUT2D eigenvalue weighted by Gasteiger charge is 2.40. The van der Waals surface area contributed by atoms with Crippen molar-refractivity contribution >= 4 is 14.1 Å². The van der Waals surface area contributed by atoms with Crippen molar-refractivity contribution in [3.63, 3.8) is 0 Å². The Kier molecular flexibility index (Phi) is 5.28. The highest BCUT2D eigenvalue weighted by atomic mass is 28.4. The zero-order chi connectivity index (χ0) is 16.4. The van der Waals surface area contributed by atoms with E-state index >= 15 is 0 Å². The van der Waals surface area contributed by atoms with Crippen LogP contribution in [0, 0.1) is 5.92 Å². The number of benzene rings is 1. The van der Waals surface area contributed by atoms with Crippen molar-refractivity contribution in [2.75, 3.05) is 6.61 Å². The molecular formula is C19H30O2Si. The molecule has 0 bridgehead atoms. The number of hydrogen-bond acceptors (Lipinski definition) is 2. The van der Waals surface area contributed by atoms with Crippen molar-refractivity contribution in [1.82, 2.24) is 0 Å². The minimum atomic E-state index is -1.75. The molecular weight excluding hydrogens is 288 g/mol. The van der Waals surface area contributed by atoms with Crippen LogP contribution in [0.3, 0.4) is 0 Å². The van der Waals surface area contributed by atoms with E-state index in [2.05, 4.69) is 46.0 Å². The fourth-order valence-electron chi connectivity index (χ4n) is 2.95. The van der Waals surface area contributed by atoms with E-state index in [0.717, 1.165) is 31.4 Å². The molecule has 0 unspecified atom stereocenters. The van der Waals surface area contributed by atoms with Crippen LogP contribution in [0.25, 0.3) is 0 Å². The summed E-state index contributed by atoms with van der Waals surface area (Å²) in [7, 11) is -1.75. The monoisotopic (exact) mass is 318 g/mol. The molecule has 1 aliphatic rings. The van der Waals surface area contributed by atoms with Crippen molar-refractivity contribution in [3.8, 4) is 0 Å². The smallest absolute Gasteiger partial charge is 0.191 e. The highest BCUT2D eigenvalue weighted by Crippen LogP contribution is 2.40. The van der Waals surface area contributed by atoms with Crippen molar-refractivity contribution in [1.29, 1.82) is 0 Å². The van der Waals surface area contributed by atoms with Gasteiger partial charge in [-0.3, -0.25) is 4.79 Å². The van der Waals surface area contributed by atoms with Gasteiger partial charge in [-0.2, -0.15) is 0 Å². The fraction of sp³-hybridized carbons (Fsp3) is 0.632. The number of carbonyl (C=O) groups excluding carboxylic acids is 1. The van der Waals surface area contributed by atoms with Crippen LogP contribution in [0.4, 0.5) is 0 Å². The van der Waals surface area contributed by atoms with Crippen LogP contribution in [-0.4, -0.2) is 20.7 Å². The molecule has 2 atom stereocenters. The first-order valence-electron chi connectivity index (χ1n) is 8.44. The van der Waals surface area contributed by atoms with Gasteiger partial charge in [-0.15, -0.1) is 0 Å². The minimum Gasteiger partial charge on any atom is -0.417 e. The van der Waals surface area contributed by atoms with Gasteiger partial charge in [0.1, 0.15) is 5.78 Å². The summed E-state index contributed by atoms with van der Waals surface area (Å²) < 4.78 is 6.42. The summed E-state index contributed by atoms with van der Waals surface area (Å²) >= 11 is 0. The Morgan fingerprint density at radius 1 is 1.18 bits per heavy atom. The van der Waals surface area contributed by atoms with Gasteiger partial charge >= 0.3 is 0 Å². The summed E-state index contributed by atoms with van der Waals surface area (Å²) in [5.41, 5.74) is 1.16. The van der Waals surface area contributed by atoms with E-state index < -0.39 is 8.32 Å². The summed E-state index contributed by atoms with van der Waals surface area (Å²) in [5.74, 6) is 0.749. The molecule has 0 saturated heterocycles. The quantitative estimate of drug-likeness (QED) is 0.717. The molecule has 122 valence electrons. The lowest BCUT2D eigenvalue weighted by atomic mass is 9.75. The van der Waals surface area contributed by atoms with Crippen LogP contribution in [0.1, 0.15) is 51.5 Å². The molecule has 0 radical (unpaired) electrons. The number of rotatable bonds is 4. The molecule has 1 saturated carbocycles. The molecule has 1 aromatic carbocycles. The topological polar surface area (TPSA) is 26.3 Å². The van der Waals surface area contributed by atoms with Gasteiger partial charge in [0.25, 0.3) is 0 Å². The molecule has 3 heteroatoms. The predicted molar refractivity (Wildman–Crippen MR) is 94.7 cm³/mol. The Labute approximate surface area is 136 Å². The van der Waals surface area contributed by atoms with Gasteiger partial charge in [-0.25, -0.2) is 0 Å². The lowest BCUT2D eigenvalue weighted by Gasteiger charge is -2.39. The van der Waals surface area contributed by atoms with E-state index in [-0.39, 0.29) is 11.0 Å². The Bertz CT molecular complexity index is 502. The number of hydrogen-bond donors (Lipinski definition) is 0. The Morgan fingerprint density at radius 3 is 2.41 bits per heavy atom. The number of ketones is 1. The van der Waals surface area contributed by atoms with Crippen LogP contribution < -0.4 is 0 Å². The molecule has 2 rings (SSSR count). The second-order valence-electron chi connectivity index (χ2n) is 8.08. The van der Waals surface area contributed by atoms with Gasteiger partial charge in [0.2, 0.25) is 0 Å². The molecule has 1 aliphatic carbocycles. The summed E-state index contributed by atoms with van der Waals surface area (Å²) in [5, 5.41) is 0.216. The molecule has 0 aliphatic heterocycles. The molecule has 0 N–H and O–H groups in total. The first kappa shape index (κ1) is 17.4. The van der Waals surface area contributed by atoms with Gasteiger partial charge in [0.15, 0.2) is 8.32 Å². The van der Waals surface area contributed by atoms with E-state index in [4.69, 9.17) is 4.43 Å². The zero-order valence-corrected chi connectivity index (χ0v) is 15.7. The van der Waals surface area contributed by atoms with Crippen LogP contribution >= 0.6 is 0 Å². The average molecular weight is 319 g/mol. The molecule has 0 amide bonds. The molecule has 0 heterocycles. The second kappa shape index (κ2) is 6.67. The Balaban J connectivity index is 2.12. The standard InChI is InChI=1S/C19H30O2Si/c1-19(2,3)22(4,5)21-14-16-12-9-13-17(20)18(16)15-10-7-6-8-11-15/h6-8,10-11,16,18H,9,12-14H2,1-5H3/t16-,18-/m0/s1. The minimum absolute atomic E-state index is 0.0275.